The minimum absolute atomic E-state index is 0.453. The van der Waals surface area contributed by atoms with Crippen LogP contribution in [0.2, 0.25) is 0 Å². The third-order valence-corrected chi connectivity index (χ3v) is 4.86. The number of hydrogen-bond donors (Lipinski definition) is 1. The third-order valence-electron chi connectivity index (χ3n) is 4.86. The molecule has 1 N–H and O–H groups in total. The Hall–Kier alpha value is -0.0800. The molecule has 0 radical (unpaired) electrons. The monoisotopic (exact) mass is 253 g/mol. The van der Waals surface area contributed by atoms with Gasteiger partial charge in [0.1, 0.15) is 0 Å². The fourth-order valence-electron chi connectivity index (χ4n) is 3.70. The molecule has 0 aromatic carbocycles. The van der Waals surface area contributed by atoms with Gasteiger partial charge in [-0.05, 0) is 49.5 Å². The van der Waals surface area contributed by atoms with Gasteiger partial charge in [0.2, 0.25) is 0 Å². The van der Waals surface area contributed by atoms with E-state index in [9.17, 15) is 0 Å². The quantitative estimate of drug-likeness (QED) is 0.826. The Morgan fingerprint density at radius 2 is 1.89 bits per heavy atom. The van der Waals surface area contributed by atoms with E-state index in [0.717, 1.165) is 31.1 Å². The van der Waals surface area contributed by atoms with Gasteiger partial charge in [-0.1, -0.05) is 33.6 Å². The molecule has 2 rings (SSSR count). The Morgan fingerprint density at radius 3 is 2.56 bits per heavy atom. The predicted octanol–water partition coefficient (Wildman–Crippen LogP) is 3.61. The SMILES string of the molecule is CC(C)(C)C1CCCCC1NCCC1CCOC1. The molecular formula is C16H31NO. The van der Waals surface area contributed by atoms with E-state index in [0.29, 0.717) is 5.41 Å². The van der Waals surface area contributed by atoms with Gasteiger partial charge in [0.15, 0.2) is 0 Å². The number of rotatable bonds is 4. The first-order valence-corrected chi connectivity index (χ1v) is 7.88. The molecule has 1 aliphatic carbocycles. The number of ether oxygens (including phenoxy) is 1. The molecule has 1 saturated carbocycles. The van der Waals surface area contributed by atoms with Crippen molar-refractivity contribution in [3.8, 4) is 0 Å². The molecule has 1 saturated heterocycles. The Balaban J connectivity index is 1.75. The molecule has 0 aromatic heterocycles. The second kappa shape index (κ2) is 6.38. The van der Waals surface area contributed by atoms with Gasteiger partial charge in [-0.3, -0.25) is 0 Å². The van der Waals surface area contributed by atoms with E-state index < -0.39 is 0 Å². The zero-order valence-corrected chi connectivity index (χ0v) is 12.5. The number of nitrogens with one attached hydrogen (secondary N) is 1. The average molecular weight is 253 g/mol. The topological polar surface area (TPSA) is 21.3 Å². The number of hydrogen-bond acceptors (Lipinski definition) is 2. The first-order chi connectivity index (χ1) is 8.57. The summed E-state index contributed by atoms with van der Waals surface area (Å²) in [6.07, 6.45) is 8.20. The van der Waals surface area contributed by atoms with Gasteiger partial charge in [-0.2, -0.15) is 0 Å². The molecule has 2 aliphatic rings. The van der Waals surface area contributed by atoms with Gasteiger partial charge in [-0.25, -0.2) is 0 Å². The van der Waals surface area contributed by atoms with Crippen LogP contribution >= 0.6 is 0 Å². The average Bonchev–Trinajstić information content (AvgIpc) is 2.81. The maximum Gasteiger partial charge on any atom is 0.0495 e. The van der Waals surface area contributed by atoms with Crippen LogP contribution in [0.25, 0.3) is 0 Å². The first-order valence-electron chi connectivity index (χ1n) is 7.88. The summed E-state index contributed by atoms with van der Waals surface area (Å²) in [5.74, 6) is 1.67. The van der Waals surface area contributed by atoms with Gasteiger partial charge in [0, 0.05) is 19.3 Å². The molecular weight excluding hydrogens is 222 g/mol. The zero-order chi connectivity index (χ0) is 13.0. The second-order valence-corrected chi connectivity index (χ2v) is 7.34. The fraction of sp³-hybridized carbons (Fsp3) is 1.00. The van der Waals surface area contributed by atoms with Gasteiger partial charge in [0.25, 0.3) is 0 Å². The molecule has 1 aliphatic heterocycles. The van der Waals surface area contributed by atoms with Gasteiger partial charge in [0.05, 0.1) is 0 Å². The van der Waals surface area contributed by atoms with E-state index in [4.69, 9.17) is 4.74 Å². The fourth-order valence-corrected chi connectivity index (χ4v) is 3.70. The van der Waals surface area contributed by atoms with E-state index in [1.165, 1.54) is 45.1 Å². The summed E-state index contributed by atoms with van der Waals surface area (Å²) in [6.45, 7) is 10.4. The van der Waals surface area contributed by atoms with Crippen LogP contribution in [-0.2, 0) is 4.74 Å². The van der Waals surface area contributed by atoms with Crippen molar-refractivity contribution < 1.29 is 4.74 Å². The minimum atomic E-state index is 0.453. The molecule has 2 nitrogen and oxygen atoms in total. The highest BCUT2D eigenvalue weighted by Crippen LogP contribution is 2.38. The summed E-state index contributed by atoms with van der Waals surface area (Å²) in [5.41, 5.74) is 0.453. The van der Waals surface area contributed by atoms with Crippen LogP contribution in [0.1, 0.15) is 59.3 Å². The molecule has 0 amide bonds. The Kier molecular flexibility index (Phi) is 5.08. The van der Waals surface area contributed by atoms with E-state index in [1.54, 1.807) is 0 Å². The molecule has 3 atom stereocenters. The molecule has 0 aromatic rings. The van der Waals surface area contributed by atoms with Crippen molar-refractivity contribution in [3.63, 3.8) is 0 Å². The van der Waals surface area contributed by atoms with Crippen LogP contribution in [0.3, 0.4) is 0 Å². The van der Waals surface area contributed by atoms with Gasteiger partial charge in [-0.15, -0.1) is 0 Å². The van der Waals surface area contributed by atoms with Gasteiger partial charge >= 0.3 is 0 Å². The summed E-state index contributed by atoms with van der Waals surface area (Å²) in [5, 5.41) is 3.85. The van der Waals surface area contributed by atoms with Crippen LogP contribution in [0.5, 0.6) is 0 Å². The van der Waals surface area contributed by atoms with Gasteiger partial charge < -0.3 is 10.1 Å². The van der Waals surface area contributed by atoms with Crippen molar-refractivity contribution in [2.24, 2.45) is 17.3 Å². The standard InChI is InChI=1S/C16H31NO/c1-16(2,3)14-6-4-5-7-15(14)17-10-8-13-9-11-18-12-13/h13-15,17H,4-12H2,1-3H3. The summed E-state index contributed by atoms with van der Waals surface area (Å²) in [7, 11) is 0. The molecule has 3 unspecified atom stereocenters. The Bertz CT molecular complexity index is 240. The van der Waals surface area contributed by atoms with E-state index in [1.807, 2.05) is 0 Å². The van der Waals surface area contributed by atoms with Crippen molar-refractivity contribution in [2.45, 2.75) is 65.3 Å². The largest absolute Gasteiger partial charge is 0.381 e. The lowest BCUT2D eigenvalue weighted by Crippen LogP contribution is -2.44. The lowest BCUT2D eigenvalue weighted by atomic mass is 9.69. The van der Waals surface area contributed by atoms with Crippen LogP contribution in [0.15, 0.2) is 0 Å². The molecule has 106 valence electrons. The molecule has 2 fully saturated rings. The smallest absolute Gasteiger partial charge is 0.0495 e. The summed E-state index contributed by atoms with van der Waals surface area (Å²) < 4.78 is 5.45. The highest BCUT2D eigenvalue weighted by Gasteiger charge is 2.33. The normalized spacial score (nSPS) is 33.8. The maximum absolute atomic E-state index is 5.45. The van der Waals surface area contributed by atoms with E-state index in [-0.39, 0.29) is 0 Å². The lowest BCUT2D eigenvalue weighted by molar-refractivity contribution is 0.129. The van der Waals surface area contributed by atoms with E-state index >= 15 is 0 Å². The lowest BCUT2D eigenvalue weighted by Gasteiger charge is -2.41. The first kappa shape index (κ1) is 14.3. The molecule has 1 heterocycles. The Morgan fingerprint density at radius 1 is 1.11 bits per heavy atom. The minimum Gasteiger partial charge on any atom is -0.381 e. The van der Waals surface area contributed by atoms with Crippen LogP contribution in [0, 0.1) is 17.3 Å². The molecule has 0 bridgehead atoms. The summed E-state index contributed by atoms with van der Waals surface area (Å²) in [6, 6.07) is 0.751. The van der Waals surface area contributed by atoms with Crippen LogP contribution in [0.4, 0.5) is 0 Å². The molecule has 2 heteroatoms. The third kappa shape index (κ3) is 3.96. The molecule has 0 spiro atoms. The zero-order valence-electron chi connectivity index (χ0n) is 12.5. The molecule has 18 heavy (non-hydrogen) atoms. The van der Waals surface area contributed by atoms with Crippen LogP contribution < -0.4 is 5.32 Å². The summed E-state index contributed by atoms with van der Waals surface area (Å²) >= 11 is 0. The van der Waals surface area contributed by atoms with Crippen molar-refractivity contribution in [1.82, 2.24) is 5.32 Å². The predicted molar refractivity (Wildman–Crippen MR) is 76.7 cm³/mol. The van der Waals surface area contributed by atoms with Crippen LogP contribution in [-0.4, -0.2) is 25.8 Å². The highest BCUT2D eigenvalue weighted by molar-refractivity contribution is 4.88. The Labute approximate surface area is 113 Å². The van der Waals surface area contributed by atoms with Crippen molar-refractivity contribution in [2.75, 3.05) is 19.8 Å². The highest BCUT2D eigenvalue weighted by atomic mass is 16.5. The van der Waals surface area contributed by atoms with Crippen molar-refractivity contribution >= 4 is 0 Å². The summed E-state index contributed by atoms with van der Waals surface area (Å²) in [4.78, 5) is 0. The second-order valence-electron chi connectivity index (χ2n) is 7.34. The van der Waals surface area contributed by atoms with E-state index in [2.05, 4.69) is 26.1 Å². The van der Waals surface area contributed by atoms with Crippen molar-refractivity contribution in [3.05, 3.63) is 0 Å². The maximum atomic E-state index is 5.45. The van der Waals surface area contributed by atoms with Crippen molar-refractivity contribution in [1.29, 1.82) is 0 Å².